The zero-order chi connectivity index (χ0) is 14.2. The third-order valence-electron chi connectivity index (χ3n) is 3.09. The van der Waals surface area contributed by atoms with E-state index in [1.165, 1.54) is 56.9 Å². The molecule has 0 spiro atoms. The number of hydrogen-bond acceptors (Lipinski definition) is 1. The smallest absolute Gasteiger partial charge is 0.00773 e. The maximum Gasteiger partial charge on any atom is -0.00773 e. The van der Waals surface area contributed by atoms with Crippen LogP contribution < -0.4 is 5.73 Å². The van der Waals surface area contributed by atoms with E-state index >= 15 is 0 Å². The van der Waals surface area contributed by atoms with Crippen molar-refractivity contribution >= 4 is 6.08 Å². The lowest BCUT2D eigenvalue weighted by atomic mass is 10.1. The zero-order valence-electron chi connectivity index (χ0n) is 12.6. The Balaban J connectivity index is 0.000000356. The first-order valence-electron chi connectivity index (χ1n) is 7.72. The van der Waals surface area contributed by atoms with E-state index in [0.29, 0.717) is 0 Å². The Hall–Kier alpha value is -1.08. The van der Waals surface area contributed by atoms with E-state index in [9.17, 15) is 0 Å². The molecule has 1 nitrogen and oxygen atoms in total. The van der Waals surface area contributed by atoms with Gasteiger partial charge < -0.3 is 5.73 Å². The fourth-order valence-corrected chi connectivity index (χ4v) is 1.87. The van der Waals surface area contributed by atoms with Gasteiger partial charge in [0.05, 0.1) is 0 Å². The molecule has 0 aliphatic carbocycles. The van der Waals surface area contributed by atoms with Gasteiger partial charge in [-0.1, -0.05) is 94.9 Å². The molecule has 0 saturated carbocycles. The Bertz CT molecular complexity index is 271. The van der Waals surface area contributed by atoms with Crippen LogP contribution >= 0.6 is 0 Å². The standard InChI is InChI=1S/C10H23N.C8H8/c1-2-3-4-5-6-7-8-9-10-11;1-2-8-6-4-3-5-7-8/h2-11H2,1H3;2-7H,1H2. The summed E-state index contributed by atoms with van der Waals surface area (Å²) in [7, 11) is 0. The van der Waals surface area contributed by atoms with Crippen LogP contribution in [-0.2, 0) is 0 Å². The van der Waals surface area contributed by atoms with Gasteiger partial charge in [0, 0.05) is 0 Å². The molecule has 0 unspecified atom stereocenters. The van der Waals surface area contributed by atoms with E-state index in [2.05, 4.69) is 13.5 Å². The monoisotopic (exact) mass is 261 g/mol. The lowest BCUT2D eigenvalue weighted by Gasteiger charge is -1.99. The Morgan fingerprint density at radius 3 is 1.84 bits per heavy atom. The van der Waals surface area contributed by atoms with Crippen molar-refractivity contribution in [2.45, 2.75) is 58.3 Å². The van der Waals surface area contributed by atoms with Gasteiger partial charge in [0.1, 0.15) is 0 Å². The normalized spacial score (nSPS) is 9.58. The minimum absolute atomic E-state index is 0.870. The van der Waals surface area contributed by atoms with Crippen molar-refractivity contribution in [3.63, 3.8) is 0 Å². The second-order valence-electron chi connectivity index (χ2n) is 4.88. The minimum Gasteiger partial charge on any atom is -0.330 e. The van der Waals surface area contributed by atoms with Gasteiger partial charge in [-0.15, -0.1) is 0 Å². The third kappa shape index (κ3) is 13.2. The first-order valence-corrected chi connectivity index (χ1v) is 7.72. The van der Waals surface area contributed by atoms with Gasteiger partial charge in [-0.2, -0.15) is 0 Å². The Morgan fingerprint density at radius 2 is 1.42 bits per heavy atom. The highest BCUT2D eigenvalue weighted by molar-refractivity contribution is 5.45. The van der Waals surface area contributed by atoms with E-state index in [1.807, 2.05) is 36.4 Å². The summed E-state index contributed by atoms with van der Waals surface area (Å²) in [5.74, 6) is 0. The van der Waals surface area contributed by atoms with Crippen LogP contribution in [0.5, 0.6) is 0 Å². The number of benzene rings is 1. The van der Waals surface area contributed by atoms with Crippen molar-refractivity contribution in [2.75, 3.05) is 6.54 Å². The van der Waals surface area contributed by atoms with Crippen LogP contribution in [0.1, 0.15) is 63.9 Å². The lowest BCUT2D eigenvalue weighted by Crippen LogP contribution is -1.97. The molecule has 0 heterocycles. The van der Waals surface area contributed by atoms with Crippen LogP contribution in [0, 0.1) is 0 Å². The molecule has 0 radical (unpaired) electrons. The first kappa shape index (κ1) is 17.9. The maximum absolute atomic E-state index is 5.39. The molecular weight excluding hydrogens is 230 g/mol. The fourth-order valence-electron chi connectivity index (χ4n) is 1.87. The molecule has 2 N–H and O–H groups in total. The third-order valence-corrected chi connectivity index (χ3v) is 3.09. The van der Waals surface area contributed by atoms with Crippen molar-refractivity contribution in [1.82, 2.24) is 0 Å². The molecule has 0 amide bonds. The SMILES string of the molecule is C=Cc1ccccc1.CCCCCCCCCCN. The number of hydrogen-bond donors (Lipinski definition) is 1. The summed E-state index contributed by atoms with van der Waals surface area (Å²) in [6, 6.07) is 10.0. The van der Waals surface area contributed by atoms with Crippen LogP contribution in [-0.4, -0.2) is 6.54 Å². The highest BCUT2D eigenvalue weighted by atomic mass is 14.5. The predicted octanol–water partition coefficient (Wildman–Crippen LogP) is 5.42. The number of rotatable bonds is 9. The number of unbranched alkanes of at least 4 members (excludes halogenated alkanes) is 7. The summed E-state index contributed by atoms with van der Waals surface area (Å²) in [6.07, 6.45) is 12.8. The summed E-state index contributed by atoms with van der Waals surface area (Å²) < 4.78 is 0. The van der Waals surface area contributed by atoms with Crippen LogP contribution in [0.2, 0.25) is 0 Å². The average molecular weight is 261 g/mol. The summed E-state index contributed by atoms with van der Waals surface area (Å²) >= 11 is 0. The minimum atomic E-state index is 0.870. The molecular formula is C18H31N. The van der Waals surface area contributed by atoms with E-state index in [0.717, 1.165) is 6.54 Å². The highest BCUT2D eigenvalue weighted by Crippen LogP contribution is 2.07. The van der Waals surface area contributed by atoms with Gasteiger partial charge >= 0.3 is 0 Å². The topological polar surface area (TPSA) is 26.0 Å². The van der Waals surface area contributed by atoms with Crippen LogP contribution in [0.15, 0.2) is 36.9 Å². The second-order valence-corrected chi connectivity index (χ2v) is 4.88. The fraction of sp³-hybridized carbons (Fsp3) is 0.556. The summed E-state index contributed by atoms with van der Waals surface area (Å²) in [5.41, 5.74) is 6.56. The molecule has 1 heteroatoms. The largest absolute Gasteiger partial charge is 0.330 e. The average Bonchev–Trinajstić information content (AvgIpc) is 2.48. The van der Waals surface area contributed by atoms with E-state index in [1.54, 1.807) is 0 Å². The molecule has 0 atom stereocenters. The molecule has 1 aromatic carbocycles. The number of nitrogens with two attached hydrogens (primary N) is 1. The van der Waals surface area contributed by atoms with Gasteiger partial charge in [0.2, 0.25) is 0 Å². The highest BCUT2D eigenvalue weighted by Gasteiger charge is 1.89. The van der Waals surface area contributed by atoms with Gasteiger partial charge in [-0.3, -0.25) is 0 Å². The molecule has 108 valence electrons. The molecule has 0 aliphatic heterocycles. The van der Waals surface area contributed by atoms with Gasteiger partial charge in [-0.25, -0.2) is 0 Å². The van der Waals surface area contributed by atoms with E-state index < -0.39 is 0 Å². The molecule has 0 aromatic heterocycles. The van der Waals surface area contributed by atoms with Crippen LogP contribution in [0.3, 0.4) is 0 Å². The van der Waals surface area contributed by atoms with Crippen molar-refractivity contribution in [3.8, 4) is 0 Å². The van der Waals surface area contributed by atoms with Crippen LogP contribution in [0.25, 0.3) is 6.08 Å². The van der Waals surface area contributed by atoms with E-state index in [4.69, 9.17) is 5.73 Å². The van der Waals surface area contributed by atoms with E-state index in [-0.39, 0.29) is 0 Å². The quantitative estimate of drug-likeness (QED) is 0.590. The second kappa shape index (κ2) is 15.0. The summed E-state index contributed by atoms with van der Waals surface area (Å²) in [4.78, 5) is 0. The van der Waals surface area contributed by atoms with Crippen LogP contribution in [0.4, 0.5) is 0 Å². The molecule has 1 aromatic rings. The predicted molar refractivity (Wildman–Crippen MR) is 88.2 cm³/mol. The molecule has 0 bridgehead atoms. The van der Waals surface area contributed by atoms with Crippen molar-refractivity contribution in [3.05, 3.63) is 42.5 Å². The maximum atomic E-state index is 5.39. The van der Waals surface area contributed by atoms with Crippen molar-refractivity contribution in [2.24, 2.45) is 5.73 Å². The summed E-state index contributed by atoms with van der Waals surface area (Å²) in [5, 5.41) is 0. The Kier molecular flexibility index (Phi) is 14.1. The molecule has 1 rings (SSSR count). The Morgan fingerprint density at radius 1 is 0.895 bits per heavy atom. The zero-order valence-corrected chi connectivity index (χ0v) is 12.6. The molecule has 19 heavy (non-hydrogen) atoms. The molecule has 0 saturated heterocycles. The molecule has 0 aliphatic rings. The first-order chi connectivity index (χ1) is 9.35. The molecule has 0 fully saturated rings. The van der Waals surface area contributed by atoms with Gasteiger partial charge in [0.15, 0.2) is 0 Å². The Labute approximate surface area is 119 Å². The lowest BCUT2D eigenvalue weighted by molar-refractivity contribution is 0.578. The van der Waals surface area contributed by atoms with Gasteiger partial charge in [-0.05, 0) is 18.5 Å². The van der Waals surface area contributed by atoms with Gasteiger partial charge in [0.25, 0.3) is 0 Å². The van der Waals surface area contributed by atoms with Crippen molar-refractivity contribution < 1.29 is 0 Å². The summed E-state index contributed by atoms with van der Waals surface area (Å²) in [6.45, 7) is 6.76. The van der Waals surface area contributed by atoms with Crippen molar-refractivity contribution in [1.29, 1.82) is 0 Å².